The van der Waals surface area contributed by atoms with Gasteiger partial charge in [0.1, 0.15) is 0 Å². The van der Waals surface area contributed by atoms with E-state index in [0.717, 1.165) is 11.9 Å². The number of nitrogens with zero attached hydrogens (tertiary/aromatic N) is 3. The predicted molar refractivity (Wildman–Crippen MR) is 81.5 cm³/mol. The molecule has 0 radical (unpaired) electrons. The summed E-state index contributed by atoms with van der Waals surface area (Å²) in [6, 6.07) is 7.25. The molecule has 0 amide bonds. The maximum Gasteiger partial charge on any atom is 0.360 e. The van der Waals surface area contributed by atoms with Crippen LogP contribution in [0.25, 0.3) is 5.69 Å². The van der Waals surface area contributed by atoms with Crippen molar-refractivity contribution in [3.05, 3.63) is 46.4 Å². The fourth-order valence-electron chi connectivity index (χ4n) is 2.47. The molecule has 1 aliphatic rings. The Kier molecular flexibility index (Phi) is 3.98. The number of aromatic carboxylic acids is 1. The first-order valence-corrected chi connectivity index (χ1v) is 7.06. The number of hydrogen-bond donors (Lipinski definition) is 2. The molecule has 1 fully saturated rings. The summed E-state index contributed by atoms with van der Waals surface area (Å²) in [6.07, 6.45) is 1.12. The van der Waals surface area contributed by atoms with Crippen molar-refractivity contribution in [3.63, 3.8) is 0 Å². The van der Waals surface area contributed by atoms with Crippen LogP contribution in [0, 0.1) is 0 Å². The molecule has 0 saturated carbocycles. The molecule has 8 nitrogen and oxygen atoms in total. The lowest BCUT2D eigenvalue weighted by molar-refractivity contribution is 0.0686. The Hall–Kier alpha value is -2.87. The second-order valence-corrected chi connectivity index (χ2v) is 5.03. The van der Waals surface area contributed by atoms with Crippen LogP contribution in [0.15, 0.2) is 35.3 Å². The third kappa shape index (κ3) is 2.88. The summed E-state index contributed by atoms with van der Waals surface area (Å²) in [6.45, 7) is 2.57. The van der Waals surface area contributed by atoms with Crippen LogP contribution in [0.4, 0.5) is 5.69 Å². The van der Waals surface area contributed by atoms with E-state index in [1.807, 2.05) is 12.1 Å². The standard InChI is InChI=1S/C15H15N3O5/c19-12-9-18(16-13(14(12)20)15(21)22)11-4-2-1-3-10(11)17-5-7-23-8-6-17/h1-4,9,19H,5-8H2,(H,21,22). The smallest absolute Gasteiger partial charge is 0.360 e. The second-order valence-electron chi connectivity index (χ2n) is 5.03. The van der Waals surface area contributed by atoms with Gasteiger partial charge < -0.3 is 19.8 Å². The van der Waals surface area contributed by atoms with E-state index in [1.165, 1.54) is 4.68 Å². The maximum atomic E-state index is 11.6. The van der Waals surface area contributed by atoms with Crippen LogP contribution in [-0.2, 0) is 4.74 Å². The van der Waals surface area contributed by atoms with Crippen molar-refractivity contribution >= 4 is 11.7 Å². The van der Waals surface area contributed by atoms with E-state index < -0.39 is 22.8 Å². The van der Waals surface area contributed by atoms with Gasteiger partial charge in [-0.1, -0.05) is 12.1 Å². The molecule has 1 aromatic heterocycles. The SMILES string of the molecule is O=C(O)c1nn(-c2ccccc2N2CCOCC2)cc(O)c1=O. The van der Waals surface area contributed by atoms with Crippen molar-refractivity contribution in [3.8, 4) is 11.4 Å². The van der Waals surface area contributed by atoms with Crippen molar-refractivity contribution in [1.82, 2.24) is 9.78 Å². The molecule has 0 bridgehead atoms. The predicted octanol–water partition coefficient (Wildman–Crippen LogP) is 0.473. The van der Waals surface area contributed by atoms with Gasteiger partial charge in [-0.05, 0) is 12.1 Å². The van der Waals surface area contributed by atoms with Gasteiger partial charge in [0, 0.05) is 13.1 Å². The number of para-hydroxylation sites is 2. The molecular weight excluding hydrogens is 302 g/mol. The van der Waals surface area contributed by atoms with Gasteiger partial charge in [0.2, 0.25) is 5.69 Å². The van der Waals surface area contributed by atoms with Crippen LogP contribution < -0.4 is 10.3 Å². The van der Waals surface area contributed by atoms with E-state index in [0.29, 0.717) is 32.0 Å². The Labute approximate surface area is 131 Å². The van der Waals surface area contributed by atoms with Crippen molar-refractivity contribution < 1.29 is 19.7 Å². The summed E-state index contributed by atoms with van der Waals surface area (Å²) >= 11 is 0. The zero-order valence-corrected chi connectivity index (χ0v) is 12.2. The van der Waals surface area contributed by atoms with Gasteiger partial charge in [0.15, 0.2) is 5.75 Å². The molecule has 0 atom stereocenters. The third-order valence-electron chi connectivity index (χ3n) is 3.58. The number of morpholine rings is 1. The number of ether oxygens (including phenoxy) is 1. The molecule has 1 aliphatic heterocycles. The van der Waals surface area contributed by atoms with E-state index in [9.17, 15) is 14.7 Å². The highest BCUT2D eigenvalue weighted by Gasteiger charge is 2.19. The average molecular weight is 317 g/mol. The lowest BCUT2D eigenvalue weighted by Crippen LogP contribution is -2.37. The number of hydrogen-bond acceptors (Lipinski definition) is 6. The summed E-state index contributed by atoms with van der Waals surface area (Å²) in [4.78, 5) is 24.9. The number of aromatic hydroxyl groups is 1. The molecule has 1 aromatic carbocycles. The highest BCUT2D eigenvalue weighted by atomic mass is 16.5. The normalized spacial score (nSPS) is 14.7. The summed E-state index contributed by atoms with van der Waals surface area (Å²) in [7, 11) is 0. The van der Waals surface area contributed by atoms with Gasteiger partial charge in [-0.15, -0.1) is 0 Å². The minimum atomic E-state index is -1.48. The highest BCUT2D eigenvalue weighted by molar-refractivity contribution is 5.85. The van der Waals surface area contributed by atoms with Gasteiger partial charge in [0.05, 0.1) is 30.8 Å². The van der Waals surface area contributed by atoms with E-state index in [2.05, 4.69) is 10.00 Å². The lowest BCUT2D eigenvalue weighted by atomic mass is 10.2. The number of carboxylic acid groups (broad SMARTS) is 1. The monoisotopic (exact) mass is 317 g/mol. The fraction of sp³-hybridized carbons (Fsp3) is 0.267. The minimum absolute atomic E-state index is 0.576. The first-order valence-electron chi connectivity index (χ1n) is 7.06. The second kappa shape index (κ2) is 6.09. The summed E-state index contributed by atoms with van der Waals surface area (Å²) in [5, 5.41) is 22.6. The molecule has 2 aromatic rings. The molecule has 23 heavy (non-hydrogen) atoms. The first kappa shape index (κ1) is 15.0. The molecular formula is C15H15N3O5. The molecule has 0 unspecified atom stereocenters. The Morgan fingerprint density at radius 3 is 2.48 bits per heavy atom. The van der Waals surface area contributed by atoms with Crippen LogP contribution >= 0.6 is 0 Å². The quantitative estimate of drug-likeness (QED) is 0.848. The summed E-state index contributed by atoms with van der Waals surface area (Å²) < 4.78 is 6.54. The number of rotatable bonds is 3. The molecule has 3 rings (SSSR count). The zero-order chi connectivity index (χ0) is 16.4. The van der Waals surface area contributed by atoms with Crippen LogP contribution in [-0.4, -0.2) is 52.3 Å². The van der Waals surface area contributed by atoms with Crippen LogP contribution in [0.5, 0.6) is 5.75 Å². The molecule has 120 valence electrons. The largest absolute Gasteiger partial charge is 0.503 e. The number of aromatic nitrogens is 2. The van der Waals surface area contributed by atoms with Crippen LogP contribution in [0.1, 0.15) is 10.5 Å². The van der Waals surface area contributed by atoms with Crippen molar-refractivity contribution in [2.75, 3.05) is 31.2 Å². The van der Waals surface area contributed by atoms with Gasteiger partial charge in [0.25, 0.3) is 5.43 Å². The molecule has 1 saturated heterocycles. The van der Waals surface area contributed by atoms with Crippen molar-refractivity contribution in [2.24, 2.45) is 0 Å². The Morgan fingerprint density at radius 1 is 1.17 bits per heavy atom. The maximum absolute atomic E-state index is 11.6. The van der Waals surface area contributed by atoms with Gasteiger partial charge in [-0.3, -0.25) is 4.79 Å². The average Bonchev–Trinajstić information content (AvgIpc) is 2.57. The lowest BCUT2D eigenvalue weighted by Gasteiger charge is -2.30. The van der Waals surface area contributed by atoms with E-state index in [-0.39, 0.29) is 0 Å². The van der Waals surface area contributed by atoms with Crippen LogP contribution in [0.2, 0.25) is 0 Å². The Bertz CT molecular complexity index is 796. The number of anilines is 1. The highest BCUT2D eigenvalue weighted by Crippen LogP contribution is 2.25. The number of benzene rings is 1. The Balaban J connectivity index is 2.12. The van der Waals surface area contributed by atoms with Crippen molar-refractivity contribution in [2.45, 2.75) is 0 Å². The minimum Gasteiger partial charge on any atom is -0.503 e. The molecule has 2 heterocycles. The van der Waals surface area contributed by atoms with Crippen molar-refractivity contribution in [1.29, 1.82) is 0 Å². The van der Waals surface area contributed by atoms with E-state index in [1.54, 1.807) is 12.1 Å². The topological polar surface area (TPSA) is 105 Å². The first-order chi connectivity index (χ1) is 11.1. The van der Waals surface area contributed by atoms with E-state index in [4.69, 9.17) is 9.84 Å². The zero-order valence-electron chi connectivity index (χ0n) is 12.2. The molecule has 8 heteroatoms. The third-order valence-corrected chi connectivity index (χ3v) is 3.58. The number of carbonyl (C=O) groups is 1. The summed E-state index contributed by atoms with van der Waals surface area (Å²) in [5.41, 5.74) is -0.325. The van der Waals surface area contributed by atoms with Gasteiger partial charge in [-0.2, -0.15) is 5.10 Å². The fourth-order valence-corrected chi connectivity index (χ4v) is 2.47. The van der Waals surface area contributed by atoms with Crippen LogP contribution in [0.3, 0.4) is 0 Å². The molecule has 0 spiro atoms. The van der Waals surface area contributed by atoms with Gasteiger partial charge in [-0.25, -0.2) is 9.48 Å². The van der Waals surface area contributed by atoms with Gasteiger partial charge >= 0.3 is 5.97 Å². The Morgan fingerprint density at radius 2 is 1.83 bits per heavy atom. The number of carboxylic acids is 1. The summed E-state index contributed by atoms with van der Waals surface area (Å²) in [5.74, 6) is -2.14. The molecule has 0 aliphatic carbocycles. The molecule has 2 N–H and O–H groups in total. The van der Waals surface area contributed by atoms with E-state index >= 15 is 0 Å².